The zero-order chi connectivity index (χ0) is 14.2. The molecule has 1 aliphatic rings. The normalized spacial score (nSPS) is 16.7. The van der Waals surface area contributed by atoms with Crippen LogP contribution in [-0.2, 0) is 6.42 Å². The van der Waals surface area contributed by atoms with E-state index < -0.39 is 0 Å². The third-order valence-electron chi connectivity index (χ3n) is 3.62. The molecule has 0 amide bonds. The van der Waals surface area contributed by atoms with Crippen LogP contribution >= 0.6 is 27.3 Å². The minimum Gasteiger partial charge on any atom is -0.384 e. The Morgan fingerprint density at radius 3 is 3.14 bits per heavy atom. The van der Waals surface area contributed by atoms with Crippen LogP contribution in [0.25, 0.3) is 10.7 Å². The average Bonchev–Trinajstić information content (AvgIpc) is 3.20. The summed E-state index contributed by atoms with van der Waals surface area (Å²) in [5.74, 6) is 1.75. The van der Waals surface area contributed by atoms with Crippen molar-refractivity contribution in [2.24, 2.45) is 0 Å². The summed E-state index contributed by atoms with van der Waals surface area (Å²) in [6.45, 7) is 0.918. The predicted octanol–water partition coefficient (Wildman–Crippen LogP) is 4.31. The standard InChI is InChI=1S/C15H12BrN3OS/c16-10-6-13(21-8-10)15-18-14(20-19-15)5-9-7-17-12-4-2-1-3-11(9)12/h1-4,6,8-9,17H,5,7H2. The van der Waals surface area contributed by atoms with Gasteiger partial charge < -0.3 is 9.84 Å². The number of thiophene rings is 1. The summed E-state index contributed by atoms with van der Waals surface area (Å²) in [6.07, 6.45) is 0.767. The van der Waals surface area contributed by atoms with Gasteiger partial charge in [-0.2, -0.15) is 4.98 Å². The van der Waals surface area contributed by atoms with Crippen LogP contribution in [0.1, 0.15) is 17.4 Å². The first-order valence-electron chi connectivity index (χ1n) is 6.69. The molecular weight excluding hydrogens is 350 g/mol. The first-order valence-corrected chi connectivity index (χ1v) is 8.36. The lowest BCUT2D eigenvalue weighted by molar-refractivity contribution is 0.372. The SMILES string of the molecule is Brc1csc(-c2noc(CC3CNc4ccccc43)n2)c1. The van der Waals surface area contributed by atoms with E-state index in [0.29, 0.717) is 17.6 Å². The number of rotatable bonds is 3. The summed E-state index contributed by atoms with van der Waals surface area (Å²) in [4.78, 5) is 5.53. The fraction of sp³-hybridized carbons (Fsp3) is 0.200. The second kappa shape index (κ2) is 5.27. The second-order valence-corrected chi connectivity index (χ2v) is 6.84. The topological polar surface area (TPSA) is 51.0 Å². The quantitative estimate of drug-likeness (QED) is 0.754. The number of aromatic nitrogens is 2. The smallest absolute Gasteiger partial charge is 0.227 e. The Morgan fingerprint density at radius 2 is 2.29 bits per heavy atom. The van der Waals surface area contributed by atoms with Crippen molar-refractivity contribution in [2.45, 2.75) is 12.3 Å². The van der Waals surface area contributed by atoms with Gasteiger partial charge in [-0.15, -0.1) is 11.3 Å². The molecule has 0 fully saturated rings. The van der Waals surface area contributed by atoms with Crippen molar-refractivity contribution in [3.05, 3.63) is 51.6 Å². The molecule has 0 radical (unpaired) electrons. The van der Waals surface area contributed by atoms with Crippen LogP contribution in [0.2, 0.25) is 0 Å². The van der Waals surface area contributed by atoms with Crippen LogP contribution in [0.3, 0.4) is 0 Å². The number of fused-ring (bicyclic) bond motifs is 1. The van der Waals surface area contributed by atoms with E-state index in [1.807, 2.05) is 17.5 Å². The molecule has 6 heteroatoms. The number of benzene rings is 1. The van der Waals surface area contributed by atoms with Gasteiger partial charge in [0.2, 0.25) is 11.7 Å². The molecule has 0 saturated carbocycles. The minimum atomic E-state index is 0.393. The van der Waals surface area contributed by atoms with Gasteiger partial charge >= 0.3 is 0 Å². The average molecular weight is 362 g/mol. The lowest BCUT2D eigenvalue weighted by Gasteiger charge is -2.05. The van der Waals surface area contributed by atoms with Gasteiger partial charge in [0.25, 0.3) is 0 Å². The fourth-order valence-electron chi connectivity index (χ4n) is 2.62. The Kier molecular flexibility index (Phi) is 3.27. The predicted molar refractivity (Wildman–Crippen MR) is 86.7 cm³/mol. The van der Waals surface area contributed by atoms with Crippen LogP contribution in [0, 0.1) is 0 Å². The third-order valence-corrected chi connectivity index (χ3v) is 5.30. The van der Waals surface area contributed by atoms with Crippen LogP contribution in [-0.4, -0.2) is 16.7 Å². The maximum Gasteiger partial charge on any atom is 0.227 e. The maximum absolute atomic E-state index is 5.41. The van der Waals surface area contributed by atoms with E-state index in [0.717, 1.165) is 22.3 Å². The zero-order valence-corrected chi connectivity index (χ0v) is 13.4. The summed E-state index contributed by atoms with van der Waals surface area (Å²) in [5.41, 5.74) is 2.54. The van der Waals surface area contributed by atoms with Gasteiger partial charge in [0.1, 0.15) is 0 Å². The zero-order valence-electron chi connectivity index (χ0n) is 11.0. The molecule has 1 aromatic carbocycles. The van der Waals surface area contributed by atoms with Crippen molar-refractivity contribution in [1.29, 1.82) is 0 Å². The lowest BCUT2D eigenvalue weighted by Crippen LogP contribution is -2.05. The number of hydrogen-bond acceptors (Lipinski definition) is 5. The first kappa shape index (κ1) is 13.0. The molecule has 1 unspecified atom stereocenters. The Hall–Kier alpha value is -1.66. The highest BCUT2D eigenvalue weighted by molar-refractivity contribution is 9.10. The van der Waals surface area contributed by atoms with Gasteiger partial charge in [-0.3, -0.25) is 0 Å². The number of anilines is 1. The number of nitrogens with zero attached hydrogens (tertiary/aromatic N) is 2. The van der Waals surface area contributed by atoms with Crippen molar-refractivity contribution in [2.75, 3.05) is 11.9 Å². The molecule has 0 bridgehead atoms. The van der Waals surface area contributed by atoms with Crippen molar-refractivity contribution < 1.29 is 4.52 Å². The second-order valence-electron chi connectivity index (χ2n) is 5.01. The molecule has 4 rings (SSSR count). The van der Waals surface area contributed by atoms with Crippen LogP contribution in [0.4, 0.5) is 5.69 Å². The van der Waals surface area contributed by atoms with E-state index in [4.69, 9.17) is 4.52 Å². The summed E-state index contributed by atoms with van der Waals surface area (Å²) in [5, 5.41) is 9.52. The van der Waals surface area contributed by atoms with Gasteiger partial charge in [-0.25, -0.2) is 0 Å². The van der Waals surface area contributed by atoms with E-state index in [9.17, 15) is 0 Å². The van der Waals surface area contributed by atoms with Crippen molar-refractivity contribution in [3.8, 4) is 10.7 Å². The van der Waals surface area contributed by atoms with Crippen LogP contribution in [0.15, 0.2) is 44.7 Å². The molecule has 1 atom stereocenters. The first-order chi connectivity index (χ1) is 10.3. The Morgan fingerprint density at radius 1 is 1.38 bits per heavy atom. The van der Waals surface area contributed by atoms with Gasteiger partial charge in [0.15, 0.2) is 0 Å². The Bertz CT molecular complexity index is 783. The molecule has 3 aromatic rings. The van der Waals surface area contributed by atoms with Crippen LogP contribution in [0.5, 0.6) is 0 Å². The van der Waals surface area contributed by atoms with Crippen molar-refractivity contribution >= 4 is 33.0 Å². The molecule has 106 valence electrons. The summed E-state index contributed by atoms with van der Waals surface area (Å²) >= 11 is 5.04. The summed E-state index contributed by atoms with van der Waals surface area (Å²) < 4.78 is 6.45. The molecule has 1 aliphatic heterocycles. The number of para-hydroxylation sites is 1. The molecule has 0 saturated heterocycles. The highest BCUT2D eigenvalue weighted by Gasteiger charge is 2.24. The monoisotopic (exact) mass is 361 g/mol. The molecular formula is C15H12BrN3OS. The Balaban J connectivity index is 1.55. The highest BCUT2D eigenvalue weighted by atomic mass is 79.9. The van der Waals surface area contributed by atoms with E-state index >= 15 is 0 Å². The van der Waals surface area contributed by atoms with Gasteiger partial charge in [-0.1, -0.05) is 23.4 Å². The fourth-order valence-corrected chi connectivity index (χ4v) is 3.97. The Labute approximate surface area is 134 Å². The minimum absolute atomic E-state index is 0.393. The maximum atomic E-state index is 5.41. The molecule has 0 aliphatic carbocycles. The molecule has 1 N–H and O–H groups in total. The van der Waals surface area contributed by atoms with Gasteiger partial charge in [-0.05, 0) is 33.6 Å². The lowest BCUT2D eigenvalue weighted by atomic mass is 9.98. The molecule has 21 heavy (non-hydrogen) atoms. The van der Waals surface area contributed by atoms with Crippen molar-refractivity contribution in [1.82, 2.24) is 10.1 Å². The van der Waals surface area contributed by atoms with Gasteiger partial charge in [0, 0.05) is 34.4 Å². The molecule has 4 nitrogen and oxygen atoms in total. The summed E-state index contributed by atoms with van der Waals surface area (Å²) in [6, 6.07) is 10.4. The van der Waals surface area contributed by atoms with Crippen LogP contribution < -0.4 is 5.32 Å². The molecule has 3 heterocycles. The van der Waals surface area contributed by atoms with E-state index in [-0.39, 0.29) is 0 Å². The highest BCUT2D eigenvalue weighted by Crippen LogP contribution is 2.34. The number of halogens is 1. The van der Waals surface area contributed by atoms with Gasteiger partial charge in [0.05, 0.1) is 4.88 Å². The largest absolute Gasteiger partial charge is 0.384 e. The molecule has 2 aromatic heterocycles. The van der Waals surface area contributed by atoms with E-state index in [1.54, 1.807) is 11.3 Å². The van der Waals surface area contributed by atoms with Crippen molar-refractivity contribution in [3.63, 3.8) is 0 Å². The third kappa shape index (κ3) is 2.49. The number of hydrogen-bond donors (Lipinski definition) is 1. The molecule has 0 spiro atoms. The van der Waals surface area contributed by atoms with E-state index in [1.165, 1.54) is 11.3 Å². The van der Waals surface area contributed by atoms with E-state index in [2.05, 4.69) is 49.6 Å². The number of nitrogens with one attached hydrogen (secondary N) is 1. The summed E-state index contributed by atoms with van der Waals surface area (Å²) in [7, 11) is 0.